The quantitative estimate of drug-likeness (QED) is 0.692. The van der Waals surface area contributed by atoms with Gasteiger partial charge in [0.1, 0.15) is 11.6 Å². The molecule has 5 nitrogen and oxygen atoms in total. The molecule has 4 N–H and O–H groups in total. The fourth-order valence-electron chi connectivity index (χ4n) is 1.13. The normalized spacial score (nSPS) is 13.8. The van der Waals surface area contributed by atoms with Gasteiger partial charge in [0.05, 0.1) is 11.7 Å². The van der Waals surface area contributed by atoms with Crippen molar-refractivity contribution in [2.24, 2.45) is 5.14 Å². The van der Waals surface area contributed by atoms with Crippen LogP contribution in [-0.2, 0) is 10.2 Å². The Balaban J connectivity index is 2.85. The third kappa shape index (κ3) is 3.49. The number of nitrogens with one attached hydrogen (secondary N) is 1. The summed E-state index contributed by atoms with van der Waals surface area (Å²) in [4.78, 5) is 0. The van der Waals surface area contributed by atoms with Crippen molar-refractivity contribution in [3.05, 3.63) is 35.4 Å². The van der Waals surface area contributed by atoms with Crippen LogP contribution in [0.3, 0.4) is 0 Å². The number of aliphatic hydroxyl groups is 1. The Kier molecular flexibility index (Phi) is 3.92. The van der Waals surface area contributed by atoms with E-state index in [9.17, 15) is 22.3 Å². The molecule has 90 valence electrons. The van der Waals surface area contributed by atoms with Crippen LogP contribution in [0.25, 0.3) is 0 Å². The molecule has 0 spiro atoms. The summed E-state index contributed by atoms with van der Waals surface area (Å²) >= 11 is 0. The molecule has 0 saturated heterocycles. The van der Waals surface area contributed by atoms with Gasteiger partial charge in [0.2, 0.25) is 0 Å². The standard InChI is InChI=1S/C8H10F2N2O3S/c9-5-2-1-3-6(10)8(5)7(13)4-12-16(11,14)15/h1-3,7,12-13H,4H2,(H2,11,14,15). The minimum Gasteiger partial charge on any atom is -0.387 e. The highest BCUT2D eigenvalue weighted by molar-refractivity contribution is 7.87. The molecule has 1 atom stereocenters. The van der Waals surface area contributed by atoms with E-state index in [1.54, 1.807) is 4.72 Å². The minimum atomic E-state index is -4.01. The Hall–Kier alpha value is -1.09. The Morgan fingerprint density at radius 1 is 1.38 bits per heavy atom. The van der Waals surface area contributed by atoms with Gasteiger partial charge in [-0.2, -0.15) is 13.1 Å². The second kappa shape index (κ2) is 4.83. The molecule has 1 rings (SSSR count). The molecule has 1 aromatic rings. The molecule has 8 heteroatoms. The van der Waals surface area contributed by atoms with Crippen molar-refractivity contribution < 1.29 is 22.3 Å². The van der Waals surface area contributed by atoms with Gasteiger partial charge in [-0.15, -0.1) is 0 Å². The summed E-state index contributed by atoms with van der Waals surface area (Å²) in [5.74, 6) is -1.91. The largest absolute Gasteiger partial charge is 0.387 e. The molecule has 0 saturated carbocycles. The molecule has 1 unspecified atom stereocenters. The van der Waals surface area contributed by atoms with Crippen molar-refractivity contribution >= 4 is 10.2 Å². The van der Waals surface area contributed by atoms with E-state index in [-0.39, 0.29) is 0 Å². The van der Waals surface area contributed by atoms with E-state index >= 15 is 0 Å². The monoisotopic (exact) mass is 252 g/mol. The Morgan fingerprint density at radius 3 is 2.31 bits per heavy atom. The molecule has 0 aliphatic heterocycles. The molecular formula is C8H10F2N2O3S. The van der Waals surface area contributed by atoms with Gasteiger partial charge >= 0.3 is 0 Å². The highest BCUT2D eigenvalue weighted by Crippen LogP contribution is 2.19. The van der Waals surface area contributed by atoms with Gasteiger partial charge in [-0.25, -0.2) is 13.9 Å². The molecule has 0 aliphatic rings. The third-order valence-corrected chi connectivity index (χ3v) is 2.38. The van der Waals surface area contributed by atoms with E-state index in [4.69, 9.17) is 0 Å². The zero-order valence-electron chi connectivity index (χ0n) is 8.02. The van der Waals surface area contributed by atoms with Crippen LogP contribution in [-0.4, -0.2) is 20.1 Å². The highest BCUT2D eigenvalue weighted by atomic mass is 32.2. The molecule has 16 heavy (non-hydrogen) atoms. The second-order valence-corrected chi connectivity index (χ2v) is 4.42. The lowest BCUT2D eigenvalue weighted by Gasteiger charge is -2.12. The van der Waals surface area contributed by atoms with Gasteiger partial charge in [0, 0.05) is 6.54 Å². The lowest BCUT2D eigenvalue weighted by Crippen LogP contribution is -2.34. The van der Waals surface area contributed by atoms with E-state index in [0.717, 1.165) is 18.2 Å². The summed E-state index contributed by atoms with van der Waals surface area (Å²) in [6.45, 7) is -0.601. The van der Waals surface area contributed by atoms with Crippen LogP contribution in [0.15, 0.2) is 18.2 Å². The van der Waals surface area contributed by atoms with Crippen LogP contribution in [0.2, 0.25) is 0 Å². The molecule has 0 aromatic heterocycles. The van der Waals surface area contributed by atoms with Crippen LogP contribution in [0.4, 0.5) is 8.78 Å². The lowest BCUT2D eigenvalue weighted by molar-refractivity contribution is 0.172. The summed E-state index contributed by atoms with van der Waals surface area (Å²) in [6, 6.07) is 3.05. The summed E-state index contributed by atoms with van der Waals surface area (Å²) in [6.07, 6.45) is -1.64. The first-order chi connectivity index (χ1) is 7.31. The van der Waals surface area contributed by atoms with E-state index in [1.807, 2.05) is 0 Å². The number of rotatable bonds is 4. The zero-order valence-corrected chi connectivity index (χ0v) is 8.84. The summed E-state index contributed by atoms with van der Waals surface area (Å²) in [7, 11) is -4.01. The van der Waals surface area contributed by atoms with Crippen LogP contribution >= 0.6 is 0 Å². The van der Waals surface area contributed by atoms with Crippen molar-refractivity contribution in [2.75, 3.05) is 6.54 Å². The number of halogens is 2. The topological polar surface area (TPSA) is 92.4 Å². The van der Waals surface area contributed by atoms with E-state index in [1.165, 1.54) is 0 Å². The van der Waals surface area contributed by atoms with Crippen molar-refractivity contribution in [3.63, 3.8) is 0 Å². The smallest absolute Gasteiger partial charge is 0.274 e. The first-order valence-corrected chi connectivity index (χ1v) is 5.75. The number of nitrogens with two attached hydrogens (primary N) is 1. The summed E-state index contributed by atoms with van der Waals surface area (Å²) < 4.78 is 49.0. The molecule has 0 amide bonds. The van der Waals surface area contributed by atoms with Gasteiger partial charge in [0.25, 0.3) is 10.2 Å². The fraction of sp³-hybridized carbons (Fsp3) is 0.250. The maximum Gasteiger partial charge on any atom is 0.274 e. The number of hydrogen-bond acceptors (Lipinski definition) is 3. The first kappa shape index (κ1) is 13.0. The maximum atomic E-state index is 13.1. The van der Waals surface area contributed by atoms with Gasteiger partial charge in [-0.3, -0.25) is 0 Å². The molecule has 0 heterocycles. The minimum absolute atomic E-state index is 0.598. The average molecular weight is 252 g/mol. The average Bonchev–Trinajstić information content (AvgIpc) is 2.13. The van der Waals surface area contributed by atoms with E-state index in [0.29, 0.717) is 0 Å². The number of benzene rings is 1. The van der Waals surface area contributed by atoms with Crippen molar-refractivity contribution in [1.82, 2.24) is 4.72 Å². The molecule has 0 fully saturated rings. The third-order valence-electron chi connectivity index (χ3n) is 1.81. The zero-order chi connectivity index (χ0) is 12.3. The van der Waals surface area contributed by atoms with Crippen LogP contribution in [0.5, 0.6) is 0 Å². The van der Waals surface area contributed by atoms with Crippen molar-refractivity contribution in [3.8, 4) is 0 Å². The van der Waals surface area contributed by atoms with Crippen LogP contribution in [0.1, 0.15) is 11.7 Å². The van der Waals surface area contributed by atoms with E-state index in [2.05, 4.69) is 5.14 Å². The summed E-state index contributed by atoms with van der Waals surface area (Å²) in [5.41, 5.74) is -0.598. The van der Waals surface area contributed by atoms with Gasteiger partial charge in [0.15, 0.2) is 0 Å². The Morgan fingerprint density at radius 2 is 1.88 bits per heavy atom. The molecule has 0 bridgehead atoms. The molecule has 0 aliphatic carbocycles. The summed E-state index contributed by atoms with van der Waals surface area (Å²) in [5, 5.41) is 14.0. The molecular weight excluding hydrogens is 242 g/mol. The highest BCUT2D eigenvalue weighted by Gasteiger charge is 2.18. The Labute approximate surface area is 91.1 Å². The number of aliphatic hydroxyl groups excluding tert-OH is 1. The predicted octanol–water partition coefficient (Wildman–Crippen LogP) is -0.209. The second-order valence-electron chi connectivity index (χ2n) is 3.04. The van der Waals surface area contributed by atoms with Crippen LogP contribution < -0.4 is 9.86 Å². The van der Waals surface area contributed by atoms with Crippen molar-refractivity contribution in [1.29, 1.82) is 0 Å². The fourth-order valence-corrected chi connectivity index (χ4v) is 1.52. The van der Waals surface area contributed by atoms with E-state index < -0.39 is 40.1 Å². The van der Waals surface area contributed by atoms with Crippen molar-refractivity contribution in [2.45, 2.75) is 6.10 Å². The Bertz CT molecular complexity index is 458. The SMILES string of the molecule is NS(=O)(=O)NCC(O)c1c(F)cccc1F. The lowest BCUT2D eigenvalue weighted by atomic mass is 10.1. The maximum absolute atomic E-state index is 13.1. The van der Waals surface area contributed by atoms with Gasteiger partial charge in [-0.05, 0) is 12.1 Å². The first-order valence-electron chi connectivity index (χ1n) is 4.20. The van der Waals surface area contributed by atoms with Gasteiger partial charge < -0.3 is 5.11 Å². The van der Waals surface area contributed by atoms with Crippen LogP contribution in [0, 0.1) is 11.6 Å². The van der Waals surface area contributed by atoms with Gasteiger partial charge in [-0.1, -0.05) is 6.07 Å². The molecule has 0 radical (unpaired) electrons. The predicted molar refractivity (Wildman–Crippen MR) is 52.4 cm³/mol. The number of hydrogen-bond donors (Lipinski definition) is 3. The molecule has 1 aromatic carbocycles.